The first-order valence-electron chi connectivity index (χ1n) is 4.37. The SMILES string of the molecule is CC(N)(Cc1ccc(O)c(Cl)c1)C(F)F. The van der Waals surface area contributed by atoms with E-state index in [1.165, 1.54) is 25.1 Å². The minimum absolute atomic E-state index is 0.00463. The third-order valence-corrected chi connectivity index (χ3v) is 2.40. The van der Waals surface area contributed by atoms with Crippen molar-refractivity contribution in [3.8, 4) is 5.75 Å². The number of rotatable bonds is 3. The summed E-state index contributed by atoms with van der Waals surface area (Å²) in [6.45, 7) is 1.28. The van der Waals surface area contributed by atoms with E-state index in [1.54, 1.807) is 0 Å². The molecule has 0 spiro atoms. The van der Waals surface area contributed by atoms with Crippen molar-refractivity contribution in [2.45, 2.75) is 25.3 Å². The fourth-order valence-corrected chi connectivity index (χ4v) is 1.38. The third kappa shape index (κ3) is 3.04. The third-order valence-electron chi connectivity index (χ3n) is 2.10. The van der Waals surface area contributed by atoms with Gasteiger partial charge in [-0.25, -0.2) is 8.78 Å². The maximum atomic E-state index is 12.5. The zero-order valence-electron chi connectivity index (χ0n) is 8.17. The van der Waals surface area contributed by atoms with Gasteiger partial charge in [0, 0.05) is 0 Å². The topological polar surface area (TPSA) is 46.2 Å². The Morgan fingerprint density at radius 2 is 2.13 bits per heavy atom. The summed E-state index contributed by atoms with van der Waals surface area (Å²) in [5, 5.41) is 9.28. The van der Waals surface area contributed by atoms with Crippen LogP contribution in [0, 0.1) is 0 Å². The molecule has 5 heteroatoms. The highest BCUT2D eigenvalue weighted by Crippen LogP contribution is 2.26. The molecule has 0 aliphatic heterocycles. The van der Waals surface area contributed by atoms with E-state index in [1.807, 2.05) is 0 Å². The minimum Gasteiger partial charge on any atom is -0.506 e. The Hall–Kier alpha value is -0.870. The van der Waals surface area contributed by atoms with Crippen molar-refractivity contribution in [2.75, 3.05) is 0 Å². The molecule has 1 rings (SSSR count). The first-order chi connectivity index (χ1) is 6.83. The van der Waals surface area contributed by atoms with Gasteiger partial charge in [0.25, 0.3) is 6.43 Å². The van der Waals surface area contributed by atoms with E-state index in [2.05, 4.69) is 0 Å². The van der Waals surface area contributed by atoms with E-state index < -0.39 is 12.0 Å². The number of halogens is 3. The van der Waals surface area contributed by atoms with Crippen molar-refractivity contribution in [1.82, 2.24) is 0 Å². The van der Waals surface area contributed by atoms with Crippen molar-refractivity contribution < 1.29 is 13.9 Å². The monoisotopic (exact) mass is 235 g/mol. The molecule has 0 amide bonds. The van der Waals surface area contributed by atoms with Gasteiger partial charge in [-0.3, -0.25) is 0 Å². The van der Waals surface area contributed by atoms with Gasteiger partial charge in [0.15, 0.2) is 0 Å². The van der Waals surface area contributed by atoms with E-state index in [9.17, 15) is 8.78 Å². The lowest BCUT2D eigenvalue weighted by atomic mass is 9.94. The van der Waals surface area contributed by atoms with Gasteiger partial charge in [0.2, 0.25) is 0 Å². The van der Waals surface area contributed by atoms with Crippen LogP contribution >= 0.6 is 11.6 Å². The van der Waals surface area contributed by atoms with E-state index in [0.717, 1.165) is 0 Å². The number of nitrogens with two attached hydrogens (primary N) is 1. The number of alkyl halides is 2. The molecule has 0 aromatic heterocycles. The first kappa shape index (κ1) is 12.2. The van der Waals surface area contributed by atoms with Gasteiger partial charge < -0.3 is 10.8 Å². The van der Waals surface area contributed by atoms with Crippen LogP contribution in [-0.2, 0) is 6.42 Å². The van der Waals surface area contributed by atoms with E-state index in [-0.39, 0.29) is 17.2 Å². The second kappa shape index (κ2) is 4.33. The Labute approximate surface area is 91.7 Å². The highest BCUT2D eigenvalue weighted by atomic mass is 35.5. The molecule has 15 heavy (non-hydrogen) atoms. The van der Waals surface area contributed by atoms with E-state index >= 15 is 0 Å². The lowest BCUT2D eigenvalue weighted by Crippen LogP contribution is -2.45. The van der Waals surface area contributed by atoms with Crippen LogP contribution in [0.25, 0.3) is 0 Å². The second-order valence-corrected chi connectivity index (χ2v) is 4.18. The lowest BCUT2D eigenvalue weighted by molar-refractivity contribution is 0.0639. The Bertz CT molecular complexity index is 355. The molecule has 0 saturated carbocycles. The maximum Gasteiger partial charge on any atom is 0.256 e. The van der Waals surface area contributed by atoms with Gasteiger partial charge in [-0.1, -0.05) is 17.7 Å². The summed E-state index contributed by atoms with van der Waals surface area (Å²) in [5.41, 5.74) is 4.41. The van der Waals surface area contributed by atoms with Gasteiger partial charge >= 0.3 is 0 Å². The molecular formula is C10H12ClF2NO. The highest BCUT2D eigenvalue weighted by Gasteiger charge is 2.30. The summed E-state index contributed by atoms with van der Waals surface area (Å²) in [4.78, 5) is 0. The van der Waals surface area contributed by atoms with Crippen LogP contribution in [0.15, 0.2) is 18.2 Å². The van der Waals surface area contributed by atoms with Crippen LogP contribution in [-0.4, -0.2) is 17.1 Å². The van der Waals surface area contributed by atoms with Crippen molar-refractivity contribution >= 4 is 11.6 Å². The molecule has 0 saturated heterocycles. The number of hydrogen-bond donors (Lipinski definition) is 2. The molecule has 1 aromatic rings. The number of aromatic hydroxyl groups is 1. The van der Waals surface area contributed by atoms with Crippen LogP contribution < -0.4 is 5.73 Å². The van der Waals surface area contributed by atoms with Crippen molar-refractivity contribution in [2.24, 2.45) is 5.73 Å². The predicted octanol–water partition coefficient (Wildman–Crippen LogP) is 2.57. The maximum absolute atomic E-state index is 12.5. The average molecular weight is 236 g/mol. The largest absolute Gasteiger partial charge is 0.506 e. The highest BCUT2D eigenvalue weighted by molar-refractivity contribution is 6.32. The Morgan fingerprint density at radius 3 is 2.60 bits per heavy atom. The predicted molar refractivity (Wildman–Crippen MR) is 55.4 cm³/mol. The molecule has 1 atom stereocenters. The van der Waals surface area contributed by atoms with Gasteiger partial charge in [0.05, 0.1) is 10.6 Å². The van der Waals surface area contributed by atoms with Gasteiger partial charge in [0.1, 0.15) is 5.75 Å². The van der Waals surface area contributed by atoms with E-state index in [4.69, 9.17) is 22.4 Å². The lowest BCUT2D eigenvalue weighted by Gasteiger charge is -2.23. The number of benzene rings is 1. The quantitative estimate of drug-likeness (QED) is 0.846. The molecule has 84 valence electrons. The molecular weight excluding hydrogens is 224 g/mol. The molecule has 0 bridgehead atoms. The van der Waals surface area contributed by atoms with Crippen molar-refractivity contribution in [1.29, 1.82) is 0 Å². The first-order valence-corrected chi connectivity index (χ1v) is 4.75. The Morgan fingerprint density at radius 1 is 1.53 bits per heavy atom. The molecule has 0 aliphatic carbocycles. The van der Waals surface area contributed by atoms with Crippen LogP contribution in [0.2, 0.25) is 5.02 Å². The summed E-state index contributed by atoms with van der Waals surface area (Å²) in [6, 6.07) is 4.32. The fourth-order valence-electron chi connectivity index (χ4n) is 1.18. The summed E-state index contributed by atoms with van der Waals surface area (Å²) in [7, 11) is 0. The molecule has 2 nitrogen and oxygen atoms in total. The second-order valence-electron chi connectivity index (χ2n) is 3.77. The molecule has 3 N–H and O–H groups in total. The molecule has 0 heterocycles. The normalized spacial score (nSPS) is 15.3. The van der Waals surface area contributed by atoms with E-state index in [0.29, 0.717) is 5.56 Å². The fraction of sp³-hybridized carbons (Fsp3) is 0.400. The Balaban J connectivity index is 2.86. The van der Waals surface area contributed by atoms with Crippen LogP contribution in [0.5, 0.6) is 5.75 Å². The Kier molecular flexibility index (Phi) is 3.52. The van der Waals surface area contributed by atoms with Gasteiger partial charge in [-0.15, -0.1) is 0 Å². The molecule has 0 radical (unpaired) electrons. The van der Waals surface area contributed by atoms with Crippen LogP contribution in [0.4, 0.5) is 8.78 Å². The number of hydrogen-bond acceptors (Lipinski definition) is 2. The van der Waals surface area contributed by atoms with Crippen molar-refractivity contribution in [3.63, 3.8) is 0 Å². The standard InChI is InChI=1S/C10H12ClF2NO/c1-10(14,9(12)13)5-6-2-3-8(15)7(11)4-6/h2-4,9,15H,5,14H2,1H3. The summed E-state index contributed by atoms with van der Waals surface area (Å²) in [5.74, 6) is -0.0730. The summed E-state index contributed by atoms with van der Waals surface area (Å²) in [6.07, 6.45) is -2.60. The van der Waals surface area contributed by atoms with Gasteiger partial charge in [-0.05, 0) is 31.0 Å². The zero-order valence-corrected chi connectivity index (χ0v) is 8.93. The molecule has 0 aliphatic rings. The number of phenolic OH excluding ortho intramolecular Hbond substituents is 1. The average Bonchev–Trinajstić information content (AvgIpc) is 2.10. The summed E-state index contributed by atoms with van der Waals surface area (Å²) < 4.78 is 24.9. The molecule has 1 unspecified atom stereocenters. The minimum atomic E-state index is -2.61. The number of phenols is 1. The van der Waals surface area contributed by atoms with Crippen LogP contribution in [0.3, 0.4) is 0 Å². The molecule has 1 aromatic carbocycles. The van der Waals surface area contributed by atoms with Crippen molar-refractivity contribution in [3.05, 3.63) is 28.8 Å². The zero-order chi connectivity index (χ0) is 11.6. The summed E-state index contributed by atoms with van der Waals surface area (Å²) >= 11 is 5.64. The van der Waals surface area contributed by atoms with Crippen LogP contribution in [0.1, 0.15) is 12.5 Å². The smallest absolute Gasteiger partial charge is 0.256 e. The molecule has 0 fully saturated rings. The van der Waals surface area contributed by atoms with Gasteiger partial charge in [-0.2, -0.15) is 0 Å².